The van der Waals surface area contributed by atoms with Crippen molar-refractivity contribution in [2.24, 2.45) is 0 Å². The number of rotatable bonds is 4. The van der Waals surface area contributed by atoms with E-state index in [9.17, 15) is 14.9 Å². The Balaban J connectivity index is 2.25. The molecule has 0 unspecified atom stereocenters. The van der Waals surface area contributed by atoms with E-state index in [0.717, 1.165) is 5.56 Å². The maximum Gasteiger partial charge on any atom is 0.354 e. The first-order valence-corrected chi connectivity index (χ1v) is 8.25. The van der Waals surface area contributed by atoms with Crippen molar-refractivity contribution < 1.29 is 9.66 Å². The van der Waals surface area contributed by atoms with Crippen molar-refractivity contribution >= 4 is 44.3 Å². The average Bonchev–Trinajstić information content (AvgIpc) is 2.59. The fourth-order valence-electron chi connectivity index (χ4n) is 2.48. The maximum absolute atomic E-state index is 12.6. The van der Waals surface area contributed by atoms with Gasteiger partial charge in [0.1, 0.15) is 15.9 Å². The van der Waals surface area contributed by atoms with Crippen LogP contribution in [0.5, 0.6) is 5.75 Å². The number of fused-ring (bicyclic) bond motifs is 1. The topological polar surface area (TPSA) is 87.3 Å². The summed E-state index contributed by atoms with van der Waals surface area (Å²) in [5.41, 5.74) is -0.0741. The lowest BCUT2D eigenvalue weighted by Gasteiger charge is -2.12. The zero-order chi connectivity index (χ0) is 18.1. The molecule has 25 heavy (non-hydrogen) atoms. The van der Waals surface area contributed by atoms with E-state index in [-0.39, 0.29) is 17.1 Å². The van der Waals surface area contributed by atoms with Crippen molar-refractivity contribution in [3.05, 3.63) is 72.1 Å². The third kappa shape index (κ3) is 3.22. The van der Waals surface area contributed by atoms with Gasteiger partial charge in [-0.1, -0.05) is 23.7 Å². The Morgan fingerprint density at radius 3 is 2.56 bits per heavy atom. The minimum atomic E-state index is -0.781. The van der Waals surface area contributed by atoms with Crippen LogP contribution in [0.3, 0.4) is 0 Å². The van der Waals surface area contributed by atoms with Gasteiger partial charge in [0.2, 0.25) is 0 Å². The zero-order valence-electron chi connectivity index (χ0n) is 12.9. The molecule has 3 aromatic rings. The van der Waals surface area contributed by atoms with Crippen molar-refractivity contribution in [3.63, 3.8) is 0 Å². The summed E-state index contributed by atoms with van der Waals surface area (Å²) < 4.78 is 6.86. The van der Waals surface area contributed by atoms with Gasteiger partial charge in [-0.3, -0.25) is 19.5 Å². The van der Waals surface area contributed by atoms with E-state index >= 15 is 0 Å². The van der Waals surface area contributed by atoms with Gasteiger partial charge in [-0.2, -0.15) is 0 Å². The van der Waals surface area contributed by atoms with Gasteiger partial charge in [0.25, 0.3) is 0 Å². The molecule has 0 amide bonds. The molecule has 0 N–H and O–H groups in total. The summed E-state index contributed by atoms with van der Waals surface area (Å²) in [4.78, 5) is 27.4. The molecular formula is C16H11BrClN3O4. The van der Waals surface area contributed by atoms with Crippen LogP contribution in [0.15, 0.2) is 45.8 Å². The molecule has 1 aromatic carbocycles. The number of methoxy groups -OCH3 is 1. The van der Waals surface area contributed by atoms with Gasteiger partial charge in [0.05, 0.1) is 24.1 Å². The lowest BCUT2D eigenvalue weighted by atomic mass is 10.2. The fourth-order valence-corrected chi connectivity index (χ4v) is 3.08. The summed E-state index contributed by atoms with van der Waals surface area (Å²) in [5, 5.41) is 11.0. The van der Waals surface area contributed by atoms with E-state index in [0.29, 0.717) is 15.9 Å². The van der Waals surface area contributed by atoms with Crippen LogP contribution in [-0.2, 0) is 6.54 Å². The molecule has 2 aromatic heterocycles. The SMILES string of the molecule is COc1ccc(Cn2c(=O)c([N+](=O)[O-])c(Cl)c3nc(Br)ccc32)cc1. The molecule has 0 spiro atoms. The number of hydrogen-bond donors (Lipinski definition) is 0. The lowest BCUT2D eigenvalue weighted by molar-refractivity contribution is -0.386. The van der Waals surface area contributed by atoms with Crippen LogP contribution in [0.2, 0.25) is 5.02 Å². The number of benzene rings is 1. The van der Waals surface area contributed by atoms with Crippen molar-refractivity contribution in [1.29, 1.82) is 0 Å². The minimum absolute atomic E-state index is 0.140. The Kier molecular flexibility index (Phi) is 4.73. The van der Waals surface area contributed by atoms with Gasteiger partial charge in [0.15, 0.2) is 5.02 Å². The van der Waals surface area contributed by atoms with Crippen molar-refractivity contribution in [1.82, 2.24) is 9.55 Å². The van der Waals surface area contributed by atoms with Gasteiger partial charge in [-0.05, 0) is 45.8 Å². The van der Waals surface area contributed by atoms with E-state index in [1.54, 1.807) is 43.5 Å². The Morgan fingerprint density at radius 1 is 1.28 bits per heavy atom. The minimum Gasteiger partial charge on any atom is -0.497 e. The number of aromatic nitrogens is 2. The zero-order valence-corrected chi connectivity index (χ0v) is 15.2. The highest BCUT2D eigenvalue weighted by Gasteiger charge is 2.25. The molecule has 0 aliphatic rings. The van der Waals surface area contributed by atoms with Crippen LogP contribution in [-0.4, -0.2) is 21.6 Å². The highest BCUT2D eigenvalue weighted by molar-refractivity contribution is 9.10. The van der Waals surface area contributed by atoms with E-state index in [1.807, 2.05) is 0 Å². The number of hydrogen-bond acceptors (Lipinski definition) is 5. The first-order chi connectivity index (χ1) is 11.9. The third-order valence-corrected chi connectivity index (χ3v) is 4.48. The smallest absolute Gasteiger partial charge is 0.354 e. The number of pyridine rings is 2. The van der Waals surface area contributed by atoms with Crippen molar-refractivity contribution in [2.45, 2.75) is 6.54 Å². The lowest BCUT2D eigenvalue weighted by Crippen LogP contribution is -2.24. The second-order valence-corrected chi connectivity index (χ2v) is 6.35. The molecule has 0 saturated carbocycles. The number of halogens is 2. The molecule has 0 aliphatic heterocycles. The average molecular weight is 425 g/mol. The first kappa shape index (κ1) is 17.4. The highest BCUT2D eigenvalue weighted by Crippen LogP contribution is 2.29. The molecule has 9 heteroatoms. The Morgan fingerprint density at radius 2 is 1.96 bits per heavy atom. The quantitative estimate of drug-likeness (QED) is 0.361. The van der Waals surface area contributed by atoms with Gasteiger partial charge >= 0.3 is 11.2 Å². The monoisotopic (exact) mass is 423 g/mol. The summed E-state index contributed by atoms with van der Waals surface area (Å²) in [6.07, 6.45) is 0. The third-order valence-electron chi connectivity index (χ3n) is 3.68. The van der Waals surface area contributed by atoms with Crippen LogP contribution in [0.1, 0.15) is 5.56 Å². The van der Waals surface area contributed by atoms with E-state index in [1.165, 1.54) is 4.57 Å². The summed E-state index contributed by atoms with van der Waals surface area (Å²) in [7, 11) is 1.55. The van der Waals surface area contributed by atoms with Crippen molar-refractivity contribution in [3.8, 4) is 5.75 Å². The Hall–Kier alpha value is -2.45. The van der Waals surface area contributed by atoms with Gasteiger partial charge in [-0.15, -0.1) is 0 Å². The first-order valence-electron chi connectivity index (χ1n) is 7.08. The normalized spacial score (nSPS) is 10.8. The molecule has 0 saturated heterocycles. The summed E-state index contributed by atoms with van der Waals surface area (Å²) in [5.74, 6) is 0.675. The van der Waals surface area contributed by atoms with E-state index < -0.39 is 16.2 Å². The van der Waals surface area contributed by atoms with Crippen LogP contribution in [0.25, 0.3) is 11.0 Å². The molecule has 3 rings (SSSR count). The molecule has 0 fully saturated rings. The predicted molar refractivity (Wildman–Crippen MR) is 97.5 cm³/mol. The van der Waals surface area contributed by atoms with E-state index in [2.05, 4.69) is 20.9 Å². The fraction of sp³-hybridized carbons (Fsp3) is 0.125. The maximum atomic E-state index is 12.6. The van der Waals surface area contributed by atoms with Gasteiger partial charge in [-0.25, -0.2) is 4.98 Å². The second kappa shape index (κ2) is 6.81. The van der Waals surface area contributed by atoms with Crippen LogP contribution in [0.4, 0.5) is 5.69 Å². The molecule has 0 atom stereocenters. The van der Waals surface area contributed by atoms with Crippen LogP contribution < -0.4 is 10.3 Å². The molecule has 0 aliphatic carbocycles. The number of nitro groups is 1. The Bertz CT molecular complexity index is 1030. The number of nitrogens with zero attached hydrogens (tertiary/aromatic N) is 3. The molecule has 2 heterocycles. The molecule has 0 radical (unpaired) electrons. The largest absolute Gasteiger partial charge is 0.497 e. The van der Waals surface area contributed by atoms with Crippen LogP contribution >= 0.6 is 27.5 Å². The van der Waals surface area contributed by atoms with Crippen LogP contribution in [0, 0.1) is 10.1 Å². The molecule has 0 bridgehead atoms. The molecular weight excluding hydrogens is 414 g/mol. The summed E-state index contributed by atoms with van der Waals surface area (Å²) in [6.45, 7) is 0.140. The second-order valence-electron chi connectivity index (χ2n) is 5.16. The number of ether oxygens (including phenoxy) is 1. The summed E-state index contributed by atoms with van der Waals surface area (Å²) >= 11 is 9.29. The Labute approximate surface area is 155 Å². The molecule has 7 nitrogen and oxygen atoms in total. The summed E-state index contributed by atoms with van der Waals surface area (Å²) in [6, 6.07) is 10.4. The standard InChI is InChI=1S/C16H11BrClN3O4/c1-25-10-4-2-9(3-5-10)8-20-11-6-7-12(17)19-14(11)13(18)15(16(20)22)21(23)24/h2-7H,8H2,1H3. The predicted octanol–water partition coefficient (Wildman–Crippen LogP) is 3.78. The van der Waals surface area contributed by atoms with Gasteiger partial charge in [0, 0.05) is 0 Å². The highest BCUT2D eigenvalue weighted by atomic mass is 79.9. The van der Waals surface area contributed by atoms with E-state index in [4.69, 9.17) is 16.3 Å². The molecule has 128 valence electrons. The van der Waals surface area contributed by atoms with Gasteiger partial charge < -0.3 is 4.74 Å². The van der Waals surface area contributed by atoms with Crippen molar-refractivity contribution in [2.75, 3.05) is 7.11 Å².